The van der Waals surface area contributed by atoms with Gasteiger partial charge in [0.25, 0.3) is 5.91 Å². The van der Waals surface area contributed by atoms with Crippen LogP contribution in [0.4, 0.5) is 0 Å². The molecule has 4 nitrogen and oxygen atoms in total. The van der Waals surface area contributed by atoms with E-state index < -0.39 is 0 Å². The molecule has 0 fully saturated rings. The zero-order valence-electron chi connectivity index (χ0n) is 14.1. The number of aromatic hydroxyl groups is 1. The van der Waals surface area contributed by atoms with Crippen LogP contribution in [0.25, 0.3) is 0 Å². The van der Waals surface area contributed by atoms with E-state index in [4.69, 9.17) is 0 Å². The van der Waals surface area contributed by atoms with Crippen LogP contribution in [-0.4, -0.2) is 22.5 Å². The quantitative estimate of drug-likeness (QED) is 0.784. The lowest BCUT2D eigenvalue weighted by Gasteiger charge is -2.17. The Bertz CT molecular complexity index is 724. The molecule has 24 heavy (non-hydrogen) atoms. The molecule has 1 aliphatic rings. The smallest absolute Gasteiger partial charge is 0.255 e. The Morgan fingerprint density at radius 1 is 1.25 bits per heavy atom. The largest absolute Gasteiger partial charge is 0.507 e. The summed E-state index contributed by atoms with van der Waals surface area (Å²) in [6.07, 6.45) is 7.20. The maximum Gasteiger partial charge on any atom is 0.255 e. The minimum absolute atomic E-state index is 0.103. The Morgan fingerprint density at radius 2 is 2.00 bits per heavy atom. The van der Waals surface area contributed by atoms with E-state index in [1.807, 2.05) is 13.0 Å². The number of nitrogens with one attached hydrogen (secondary N) is 1. The summed E-state index contributed by atoms with van der Waals surface area (Å²) in [6, 6.07) is 3.64. The molecule has 128 valence electrons. The standard InChI is InChI=1S/C19H24N2O2S/c1-13-12-24-18(21-13)8-4-5-9-20-19(23)16-10-14-6-2-3-7-15(14)11-17(16)22/h10-12,22H,2-9H2,1H3,(H,20,23). The summed E-state index contributed by atoms with van der Waals surface area (Å²) in [7, 11) is 0. The van der Waals surface area contributed by atoms with Gasteiger partial charge in [-0.1, -0.05) is 0 Å². The summed E-state index contributed by atoms with van der Waals surface area (Å²) in [6.45, 7) is 2.63. The third-order valence-corrected chi connectivity index (χ3v) is 5.50. The lowest BCUT2D eigenvalue weighted by Crippen LogP contribution is -2.25. The highest BCUT2D eigenvalue weighted by Gasteiger charge is 2.17. The number of hydrogen-bond acceptors (Lipinski definition) is 4. The first-order valence-corrected chi connectivity index (χ1v) is 9.55. The third-order valence-electron chi connectivity index (χ3n) is 4.47. The van der Waals surface area contributed by atoms with Crippen molar-refractivity contribution in [2.24, 2.45) is 0 Å². The first-order chi connectivity index (χ1) is 11.6. The molecular formula is C19H24N2O2S. The molecule has 1 aromatic heterocycles. The van der Waals surface area contributed by atoms with E-state index in [2.05, 4.69) is 15.7 Å². The van der Waals surface area contributed by atoms with Gasteiger partial charge in [0.2, 0.25) is 0 Å². The average molecular weight is 344 g/mol. The van der Waals surface area contributed by atoms with Crippen LogP contribution in [0.5, 0.6) is 5.75 Å². The Kier molecular flexibility index (Phi) is 5.51. The van der Waals surface area contributed by atoms with Crippen LogP contribution in [0.15, 0.2) is 17.5 Å². The number of aromatic nitrogens is 1. The van der Waals surface area contributed by atoms with Crippen molar-refractivity contribution in [1.29, 1.82) is 0 Å². The molecular weight excluding hydrogens is 320 g/mol. The number of thiazole rings is 1. The van der Waals surface area contributed by atoms with Crippen LogP contribution < -0.4 is 5.32 Å². The van der Waals surface area contributed by atoms with E-state index in [9.17, 15) is 9.90 Å². The second kappa shape index (κ2) is 7.79. The van der Waals surface area contributed by atoms with Gasteiger partial charge in [0.05, 0.1) is 10.6 Å². The fourth-order valence-electron chi connectivity index (χ4n) is 3.17. The van der Waals surface area contributed by atoms with E-state index in [1.165, 1.54) is 11.1 Å². The summed E-state index contributed by atoms with van der Waals surface area (Å²) in [5, 5.41) is 16.3. The Labute approximate surface area is 146 Å². The molecule has 2 aromatic rings. The third kappa shape index (κ3) is 4.15. The van der Waals surface area contributed by atoms with Crippen molar-refractivity contribution < 1.29 is 9.90 Å². The molecule has 0 unspecified atom stereocenters. The SMILES string of the molecule is Cc1csc(CCCCNC(=O)c2cc3c(cc2O)CCCC3)n1. The number of carbonyl (C=O) groups is 1. The van der Waals surface area contributed by atoms with Gasteiger partial charge in [0.1, 0.15) is 5.75 Å². The molecule has 0 saturated heterocycles. The van der Waals surface area contributed by atoms with E-state index >= 15 is 0 Å². The lowest BCUT2D eigenvalue weighted by atomic mass is 9.90. The normalized spacial score (nSPS) is 13.5. The minimum Gasteiger partial charge on any atom is -0.507 e. The van der Waals surface area contributed by atoms with E-state index in [0.29, 0.717) is 12.1 Å². The maximum atomic E-state index is 12.3. The number of fused-ring (bicyclic) bond motifs is 1. The highest BCUT2D eigenvalue weighted by molar-refractivity contribution is 7.09. The van der Waals surface area contributed by atoms with Crippen LogP contribution in [-0.2, 0) is 19.3 Å². The average Bonchev–Trinajstić information content (AvgIpc) is 2.99. The summed E-state index contributed by atoms with van der Waals surface area (Å²) in [4.78, 5) is 16.7. The molecule has 5 heteroatoms. The maximum absolute atomic E-state index is 12.3. The Hall–Kier alpha value is -1.88. The molecule has 0 spiro atoms. The number of amides is 1. The first kappa shape index (κ1) is 17.0. The highest BCUT2D eigenvalue weighted by Crippen LogP contribution is 2.28. The minimum atomic E-state index is -0.175. The predicted molar refractivity (Wildman–Crippen MR) is 96.9 cm³/mol. The van der Waals surface area contributed by atoms with Crippen molar-refractivity contribution in [3.8, 4) is 5.75 Å². The van der Waals surface area contributed by atoms with Gasteiger partial charge in [-0.3, -0.25) is 4.79 Å². The van der Waals surface area contributed by atoms with Crippen molar-refractivity contribution in [2.75, 3.05) is 6.54 Å². The van der Waals surface area contributed by atoms with Gasteiger partial charge in [-0.05, 0) is 75.1 Å². The summed E-state index contributed by atoms with van der Waals surface area (Å²) in [5.41, 5.74) is 3.88. The molecule has 0 bridgehead atoms. The van der Waals surface area contributed by atoms with E-state index in [1.54, 1.807) is 17.4 Å². The molecule has 2 N–H and O–H groups in total. The monoisotopic (exact) mass is 344 g/mol. The molecule has 1 heterocycles. The first-order valence-electron chi connectivity index (χ1n) is 8.67. The number of phenols is 1. The number of aryl methyl sites for hydroxylation is 4. The van der Waals surface area contributed by atoms with Crippen LogP contribution in [0.2, 0.25) is 0 Å². The van der Waals surface area contributed by atoms with Crippen molar-refractivity contribution in [3.63, 3.8) is 0 Å². The molecule has 0 aliphatic heterocycles. The van der Waals surface area contributed by atoms with Crippen molar-refractivity contribution >= 4 is 17.2 Å². The fraction of sp³-hybridized carbons (Fsp3) is 0.474. The van der Waals surface area contributed by atoms with Crippen LogP contribution in [0.1, 0.15) is 57.9 Å². The lowest BCUT2D eigenvalue weighted by molar-refractivity contribution is 0.0950. The van der Waals surface area contributed by atoms with Gasteiger partial charge < -0.3 is 10.4 Å². The van der Waals surface area contributed by atoms with Crippen LogP contribution in [0.3, 0.4) is 0 Å². The summed E-state index contributed by atoms with van der Waals surface area (Å²) >= 11 is 1.69. The van der Waals surface area contributed by atoms with Gasteiger partial charge in [0.15, 0.2) is 0 Å². The number of benzene rings is 1. The van der Waals surface area contributed by atoms with Crippen molar-refractivity contribution in [3.05, 3.63) is 44.9 Å². The second-order valence-corrected chi connectivity index (χ2v) is 7.38. The number of phenolic OH excluding ortho intramolecular Hbond substituents is 1. The second-order valence-electron chi connectivity index (χ2n) is 6.44. The summed E-state index contributed by atoms with van der Waals surface area (Å²) < 4.78 is 0. The number of carbonyl (C=O) groups excluding carboxylic acids is 1. The van der Waals surface area contributed by atoms with Crippen LogP contribution in [0, 0.1) is 6.92 Å². The predicted octanol–water partition coefficient (Wildman–Crippen LogP) is 3.79. The summed E-state index contributed by atoms with van der Waals surface area (Å²) in [5.74, 6) is -0.0719. The van der Waals surface area contributed by atoms with Crippen molar-refractivity contribution in [2.45, 2.75) is 51.9 Å². The molecule has 1 amide bonds. The van der Waals surface area contributed by atoms with Gasteiger partial charge >= 0.3 is 0 Å². The zero-order valence-corrected chi connectivity index (χ0v) is 14.9. The van der Waals surface area contributed by atoms with Gasteiger partial charge in [-0.15, -0.1) is 11.3 Å². The fourth-order valence-corrected chi connectivity index (χ4v) is 3.99. The number of hydrogen-bond donors (Lipinski definition) is 2. The van der Waals surface area contributed by atoms with E-state index in [0.717, 1.165) is 55.6 Å². The van der Waals surface area contributed by atoms with E-state index in [-0.39, 0.29) is 11.7 Å². The van der Waals surface area contributed by atoms with Crippen molar-refractivity contribution in [1.82, 2.24) is 10.3 Å². The highest BCUT2D eigenvalue weighted by atomic mass is 32.1. The van der Waals surface area contributed by atoms with Gasteiger partial charge in [-0.2, -0.15) is 0 Å². The molecule has 1 aromatic carbocycles. The molecule has 0 atom stereocenters. The van der Waals surface area contributed by atoms with Gasteiger partial charge in [0, 0.05) is 17.6 Å². The molecule has 3 rings (SSSR count). The number of rotatable bonds is 6. The Balaban J connectivity index is 1.48. The van der Waals surface area contributed by atoms with Crippen LogP contribution >= 0.6 is 11.3 Å². The number of nitrogens with zero attached hydrogens (tertiary/aromatic N) is 1. The molecule has 1 aliphatic carbocycles. The zero-order chi connectivity index (χ0) is 16.9. The molecule has 0 radical (unpaired) electrons. The van der Waals surface area contributed by atoms with Gasteiger partial charge in [-0.25, -0.2) is 4.98 Å². The number of unbranched alkanes of at least 4 members (excludes halogenated alkanes) is 1. The Morgan fingerprint density at radius 3 is 2.71 bits per heavy atom. The molecule has 0 saturated carbocycles. The topological polar surface area (TPSA) is 62.2 Å².